The summed E-state index contributed by atoms with van der Waals surface area (Å²) >= 11 is 0. The van der Waals surface area contributed by atoms with Crippen LogP contribution in [0.1, 0.15) is 27.2 Å². The van der Waals surface area contributed by atoms with Gasteiger partial charge < -0.3 is 15.0 Å². The van der Waals surface area contributed by atoms with Crippen molar-refractivity contribution in [3.8, 4) is 0 Å². The zero-order valence-corrected chi connectivity index (χ0v) is 12.0. The van der Waals surface area contributed by atoms with Gasteiger partial charge in [0, 0.05) is 6.54 Å². The van der Waals surface area contributed by atoms with Gasteiger partial charge in [0.15, 0.2) is 0 Å². The first-order valence-electron chi connectivity index (χ1n) is 6.40. The van der Waals surface area contributed by atoms with Crippen molar-refractivity contribution in [1.82, 2.24) is 10.2 Å². The predicted octanol–water partition coefficient (Wildman–Crippen LogP) is 2.01. The van der Waals surface area contributed by atoms with E-state index in [0.29, 0.717) is 4.90 Å². The van der Waals surface area contributed by atoms with Crippen molar-refractivity contribution in [3.63, 3.8) is 0 Å². The molecule has 0 unspecified atom stereocenters. The molecule has 1 rings (SSSR count). The van der Waals surface area contributed by atoms with Crippen LogP contribution in [0.2, 0.25) is 0 Å². The van der Waals surface area contributed by atoms with Crippen LogP contribution in [0.25, 0.3) is 0 Å². The van der Waals surface area contributed by atoms with Crippen LogP contribution in [0.5, 0.6) is 0 Å². The molecule has 1 heterocycles. The number of ether oxygens (including phenoxy) is 1. The summed E-state index contributed by atoms with van der Waals surface area (Å²) in [5.74, 6) is -2.07. The SMILES string of the molecule is CC(C)(C)OC(=O)N[C@@H]1CCN(C(=O)C(F)(F)F)C[C@H]1F. The third-order valence-corrected chi connectivity index (χ3v) is 2.77. The second-order valence-corrected chi connectivity index (χ2v) is 5.81. The number of amides is 2. The largest absolute Gasteiger partial charge is 0.471 e. The average molecular weight is 314 g/mol. The van der Waals surface area contributed by atoms with E-state index in [2.05, 4.69) is 5.32 Å². The highest BCUT2D eigenvalue weighted by atomic mass is 19.4. The predicted molar refractivity (Wildman–Crippen MR) is 65.3 cm³/mol. The van der Waals surface area contributed by atoms with Gasteiger partial charge in [-0.15, -0.1) is 0 Å². The van der Waals surface area contributed by atoms with Crippen LogP contribution in [-0.2, 0) is 9.53 Å². The van der Waals surface area contributed by atoms with E-state index in [1.807, 2.05) is 0 Å². The number of halogens is 4. The minimum Gasteiger partial charge on any atom is -0.444 e. The highest BCUT2D eigenvalue weighted by Crippen LogP contribution is 2.23. The maximum absolute atomic E-state index is 13.8. The number of likely N-dealkylation sites (tertiary alicyclic amines) is 1. The van der Waals surface area contributed by atoms with Crippen molar-refractivity contribution in [2.45, 2.75) is 51.2 Å². The van der Waals surface area contributed by atoms with Crippen molar-refractivity contribution in [2.75, 3.05) is 13.1 Å². The van der Waals surface area contributed by atoms with Gasteiger partial charge in [-0.2, -0.15) is 13.2 Å². The summed E-state index contributed by atoms with van der Waals surface area (Å²) in [4.78, 5) is 22.9. The Morgan fingerprint density at radius 3 is 2.24 bits per heavy atom. The molecule has 5 nitrogen and oxygen atoms in total. The molecule has 1 N–H and O–H groups in total. The molecule has 122 valence electrons. The summed E-state index contributed by atoms with van der Waals surface area (Å²) in [5, 5.41) is 2.27. The Bertz CT molecular complexity index is 406. The van der Waals surface area contributed by atoms with Crippen molar-refractivity contribution < 1.29 is 31.9 Å². The van der Waals surface area contributed by atoms with Crippen LogP contribution in [-0.4, -0.2) is 54.0 Å². The Morgan fingerprint density at radius 2 is 1.81 bits per heavy atom. The fraction of sp³-hybridized carbons (Fsp3) is 0.833. The molecule has 1 saturated heterocycles. The Morgan fingerprint density at radius 1 is 1.24 bits per heavy atom. The zero-order chi connectivity index (χ0) is 16.4. The molecule has 1 fully saturated rings. The standard InChI is InChI=1S/C12H18F4N2O3/c1-11(2,3)21-10(20)17-8-4-5-18(6-7(8)13)9(19)12(14,15)16/h7-8H,4-6H2,1-3H3,(H,17,20)/t7-,8-/m1/s1. The van der Waals surface area contributed by atoms with Gasteiger partial charge in [0.25, 0.3) is 0 Å². The van der Waals surface area contributed by atoms with Crippen LogP contribution in [0.4, 0.5) is 22.4 Å². The van der Waals surface area contributed by atoms with Crippen LogP contribution >= 0.6 is 0 Å². The van der Waals surface area contributed by atoms with E-state index in [0.717, 1.165) is 0 Å². The minimum atomic E-state index is -5.02. The summed E-state index contributed by atoms with van der Waals surface area (Å²) in [6.07, 6.45) is -7.75. The van der Waals surface area contributed by atoms with Crippen LogP contribution in [0, 0.1) is 0 Å². The molecule has 0 saturated carbocycles. The van der Waals surface area contributed by atoms with E-state index in [-0.39, 0.29) is 13.0 Å². The Hall–Kier alpha value is -1.54. The van der Waals surface area contributed by atoms with E-state index in [9.17, 15) is 27.2 Å². The number of nitrogens with one attached hydrogen (secondary N) is 1. The topological polar surface area (TPSA) is 58.6 Å². The number of rotatable bonds is 1. The Kier molecular flexibility index (Phi) is 5.06. The van der Waals surface area contributed by atoms with Gasteiger partial charge in [0.1, 0.15) is 11.8 Å². The molecule has 1 aliphatic rings. The minimum absolute atomic E-state index is 0.109. The van der Waals surface area contributed by atoms with Crippen molar-refractivity contribution in [2.24, 2.45) is 0 Å². The van der Waals surface area contributed by atoms with Gasteiger partial charge in [-0.1, -0.05) is 0 Å². The number of nitrogens with zero attached hydrogens (tertiary/aromatic N) is 1. The highest BCUT2D eigenvalue weighted by Gasteiger charge is 2.45. The number of hydrogen-bond acceptors (Lipinski definition) is 3. The van der Waals surface area contributed by atoms with E-state index >= 15 is 0 Å². The molecular formula is C12H18F4N2O3. The lowest BCUT2D eigenvalue weighted by Crippen LogP contribution is -2.56. The van der Waals surface area contributed by atoms with Gasteiger partial charge in [-0.3, -0.25) is 4.79 Å². The summed E-state index contributed by atoms with van der Waals surface area (Å²) < 4.78 is 55.5. The monoisotopic (exact) mass is 314 g/mol. The fourth-order valence-electron chi connectivity index (χ4n) is 1.89. The van der Waals surface area contributed by atoms with Crippen molar-refractivity contribution in [1.29, 1.82) is 0 Å². The molecule has 0 spiro atoms. The van der Waals surface area contributed by atoms with Gasteiger partial charge in [0.2, 0.25) is 0 Å². The van der Waals surface area contributed by atoms with Gasteiger partial charge in [-0.05, 0) is 27.2 Å². The number of piperidine rings is 1. The lowest BCUT2D eigenvalue weighted by atomic mass is 10.0. The second-order valence-electron chi connectivity index (χ2n) is 5.81. The van der Waals surface area contributed by atoms with Crippen LogP contribution in [0.15, 0.2) is 0 Å². The normalized spacial score (nSPS) is 23.7. The molecule has 0 aliphatic carbocycles. The Labute approximate surface area is 119 Å². The quantitative estimate of drug-likeness (QED) is 0.753. The van der Waals surface area contributed by atoms with Crippen LogP contribution < -0.4 is 5.32 Å². The first-order valence-corrected chi connectivity index (χ1v) is 6.40. The highest BCUT2D eigenvalue weighted by molar-refractivity contribution is 5.82. The number of alkyl halides is 4. The molecule has 2 amide bonds. The molecule has 2 atom stereocenters. The summed E-state index contributed by atoms with van der Waals surface area (Å²) in [6.45, 7) is 3.90. The Balaban J connectivity index is 2.54. The molecule has 9 heteroatoms. The lowest BCUT2D eigenvalue weighted by molar-refractivity contribution is -0.187. The van der Waals surface area contributed by atoms with Gasteiger partial charge in [-0.25, -0.2) is 9.18 Å². The van der Waals surface area contributed by atoms with E-state index in [1.165, 1.54) is 0 Å². The zero-order valence-electron chi connectivity index (χ0n) is 12.0. The molecule has 1 aliphatic heterocycles. The summed E-state index contributed by atoms with van der Waals surface area (Å²) in [6, 6.07) is -0.975. The molecule has 0 aromatic heterocycles. The molecule has 0 aromatic rings. The van der Waals surface area contributed by atoms with Gasteiger partial charge >= 0.3 is 18.2 Å². The lowest BCUT2D eigenvalue weighted by Gasteiger charge is -2.35. The number of carbonyl (C=O) groups excluding carboxylic acids is 2. The van der Waals surface area contributed by atoms with Gasteiger partial charge in [0.05, 0.1) is 12.6 Å². The maximum Gasteiger partial charge on any atom is 0.471 e. The van der Waals surface area contributed by atoms with Crippen LogP contribution in [0.3, 0.4) is 0 Å². The van der Waals surface area contributed by atoms with E-state index < -0.39 is 42.5 Å². The van der Waals surface area contributed by atoms with Crippen molar-refractivity contribution >= 4 is 12.0 Å². The number of alkyl carbamates (subject to hydrolysis) is 1. The molecular weight excluding hydrogens is 296 g/mol. The average Bonchev–Trinajstić information content (AvgIpc) is 2.27. The molecule has 0 bridgehead atoms. The molecule has 0 aromatic carbocycles. The second kappa shape index (κ2) is 6.07. The first-order chi connectivity index (χ1) is 9.40. The smallest absolute Gasteiger partial charge is 0.444 e. The third-order valence-electron chi connectivity index (χ3n) is 2.77. The summed E-state index contributed by atoms with van der Waals surface area (Å²) in [5.41, 5.74) is -0.761. The van der Waals surface area contributed by atoms with E-state index in [4.69, 9.17) is 4.74 Å². The third kappa shape index (κ3) is 5.39. The first kappa shape index (κ1) is 17.5. The fourth-order valence-corrected chi connectivity index (χ4v) is 1.89. The summed E-state index contributed by atoms with van der Waals surface area (Å²) in [7, 11) is 0. The van der Waals surface area contributed by atoms with Crippen molar-refractivity contribution in [3.05, 3.63) is 0 Å². The number of hydrogen-bond donors (Lipinski definition) is 1. The van der Waals surface area contributed by atoms with E-state index in [1.54, 1.807) is 20.8 Å². The molecule has 0 radical (unpaired) electrons. The maximum atomic E-state index is 13.8. The number of carbonyl (C=O) groups is 2. The molecule has 21 heavy (non-hydrogen) atoms.